The average Bonchev–Trinajstić information content (AvgIpc) is 3.04. The number of carbonyl (C=O) groups excluding carboxylic acids is 1. The number of halogens is 2. The van der Waals surface area contributed by atoms with E-state index in [-0.39, 0.29) is 12.0 Å². The standard InChI is InChI=1S/C15H15Cl2N3O2S/c16-9-1-2-11(12(17)5-9)14-19-13(8-23-14)15(21)20-3-4-22-10(6-18)7-20/h1-2,5,8,10H,3-4,6-7,18H2/t10-/m0/s1. The number of nitrogens with zero attached hydrogens (tertiary/aromatic N) is 2. The van der Waals surface area contributed by atoms with Crippen molar-refractivity contribution >= 4 is 40.4 Å². The molecule has 0 bridgehead atoms. The van der Waals surface area contributed by atoms with Crippen LogP contribution in [-0.4, -0.2) is 48.1 Å². The molecule has 0 spiro atoms. The predicted molar refractivity (Wildman–Crippen MR) is 92.3 cm³/mol. The summed E-state index contributed by atoms with van der Waals surface area (Å²) in [5, 5.41) is 3.52. The number of amides is 1. The zero-order valence-electron chi connectivity index (χ0n) is 12.2. The van der Waals surface area contributed by atoms with Crippen LogP contribution in [-0.2, 0) is 4.74 Å². The summed E-state index contributed by atoms with van der Waals surface area (Å²) in [5.41, 5.74) is 6.79. The molecule has 23 heavy (non-hydrogen) atoms. The van der Waals surface area contributed by atoms with Gasteiger partial charge in [0, 0.05) is 35.6 Å². The number of benzene rings is 1. The molecule has 3 rings (SSSR count). The molecule has 2 heterocycles. The maximum atomic E-state index is 12.6. The second kappa shape index (κ2) is 7.15. The first-order valence-electron chi connectivity index (χ1n) is 7.10. The van der Waals surface area contributed by atoms with Gasteiger partial charge in [0.05, 0.1) is 17.7 Å². The van der Waals surface area contributed by atoms with E-state index in [1.807, 2.05) is 0 Å². The summed E-state index contributed by atoms with van der Waals surface area (Å²) < 4.78 is 5.48. The lowest BCUT2D eigenvalue weighted by Gasteiger charge is -2.31. The second-order valence-electron chi connectivity index (χ2n) is 5.14. The third-order valence-electron chi connectivity index (χ3n) is 3.57. The minimum Gasteiger partial charge on any atom is -0.373 e. The fourth-order valence-corrected chi connectivity index (χ4v) is 3.75. The van der Waals surface area contributed by atoms with E-state index in [9.17, 15) is 4.79 Å². The molecule has 1 fully saturated rings. The molecule has 0 saturated carbocycles. The van der Waals surface area contributed by atoms with Crippen molar-refractivity contribution in [1.82, 2.24) is 9.88 Å². The van der Waals surface area contributed by atoms with E-state index in [2.05, 4.69) is 4.98 Å². The van der Waals surface area contributed by atoms with Crippen LogP contribution in [0.25, 0.3) is 10.6 Å². The maximum absolute atomic E-state index is 12.6. The summed E-state index contributed by atoms with van der Waals surface area (Å²) in [4.78, 5) is 18.7. The molecule has 0 aliphatic carbocycles. The molecule has 1 atom stereocenters. The lowest BCUT2D eigenvalue weighted by molar-refractivity contribution is -0.0169. The summed E-state index contributed by atoms with van der Waals surface area (Å²) in [6, 6.07) is 5.21. The number of rotatable bonds is 3. The number of morpholine rings is 1. The highest BCUT2D eigenvalue weighted by atomic mass is 35.5. The van der Waals surface area contributed by atoms with Crippen molar-refractivity contribution in [2.75, 3.05) is 26.2 Å². The Morgan fingerprint density at radius 1 is 1.48 bits per heavy atom. The van der Waals surface area contributed by atoms with Crippen LogP contribution < -0.4 is 5.73 Å². The Morgan fingerprint density at radius 3 is 3.04 bits per heavy atom. The molecule has 1 aliphatic heterocycles. The minimum atomic E-state index is -0.114. The van der Waals surface area contributed by atoms with Gasteiger partial charge in [-0.25, -0.2) is 4.98 Å². The van der Waals surface area contributed by atoms with E-state index < -0.39 is 0 Å². The molecule has 1 aliphatic rings. The normalized spacial score (nSPS) is 18.2. The van der Waals surface area contributed by atoms with Crippen LogP contribution in [0.4, 0.5) is 0 Å². The number of hydrogen-bond donors (Lipinski definition) is 1. The largest absolute Gasteiger partial charge is 0.373 e. The molecule has 1 aromatic carbocycles. The molecular formula is C15H15Cl2N3O2S. The molecule has 0 radical (unpaired) electrons. The molecule has 0 unspecified atom stereocenters. The summed E-state index contributed by atoms with van der Waals surface area (Å²) >= 11 is 13.5. The summed E-state index contributed by atoms with van der Waals surface area (Å²) in [5.74, 6) is -0.112. The topological polar surface area (TPSA) is 68.5 Å². The van der Waals surface area contributed by atoms with Crippen molar-refractivity contribution in [3.8, 4) is 10.6 Å². The van der Waals surface area contributed by atoms with Crippen molar-refractivity contribution < 1.29 is 9.53 Å². The molecule has 1 saturated heterocycles. The first-order chi connectivity index (χ1) is 11.1. The number of aromatic nitrogens is 1. The van der Waals surface area contributed by atoms with Gasteiger partial charge in [0.15, 0.2) is 0 Å². The molecule has 8 heteroatoms. The number of carbonyl (C=O) groups is 1. The minimum absolute atomic E-state index is 0.112. The zero-order chi connectivity index (χ0) is 16.4. The van der Waals surface area contributed by atoms with Crippen LogP contribution in [0.2, 0.25) is 10.0 Å². The van der Waals surface area contributed by atoms with E-state index in [1.165, 1.54) is 11.3 Å². The van der Waals surface area contributed by atoms with Crippen molar-refractivity contribution in [3.63, 3.8) is 0 Å². The Kier molecular flexibility index (Phi) is 5.18. The van der Waals surface area contributed by atoms with Gasteiger partial charge in [-0.2, -0.15) is 0 Å². The van der Waals surface area contributed by atoms with Crippen LogP contribution in [0.3, 0.4) is 0 Å². The van der Waals surface area contributed by atoms with Crippen LogP contribution in [0, 0.1) is 0 Å². The molecule has 5 nitrogen and oxygen atoms in total. The monoisotopic (exact) mass is 371 g/mol. The molecule has 122 valence electrons. The van der Waals surface area contributed by atoms with Crippen molar-refractivity contribution in [3.05, 3.63) is 39.3 Å². The maximum Gasteiger partial charge on any atom is 0.273 e. The number of ether oxygens (including phenoxy) is 1. The van der Waals surface area contributed by atoms with Gasteiger partial charge in [0.2, 0.25) is 0 Å². The van der Waals surface area contributed by atoms with Crippen molar-refractivity contribution in [1.29, 1.82) is 0 Å². The van der Waals surface area contributed by atoms with E-state index in [4.69, 9.17) is 33.7 Å². The Bertz CT molecular complexity index is 722. The van der Waals surface area contributed by atoms with Gasteiger partial charge in [0.1, 0.15) is 10.7 Å². The fourth-order valence-electron chi connectivity index (χ4n) is 2.37. The van der Waals surface area contributed by atoms with Crippen LogP contribution >= 0.6 is 34.5 Å². The van der Waals surface area contributed by atoms with Gasteiger partial charge in [-0.15, -0.1) is 11.3 Å². The van der Waals surface area contributed by atoms with E-state index in [1.54, 1.807) is 28.5 Å². The highest BCUT2D eigenvalue weighted by molar-refractivity contribution is 7.13. The Morgan fingerprint density at radius 2 is 2.30 bits per heavy atom. The van der Waals surface area contributed by atoms with Gasteiger partial charge >= 0.3 is 0 Å². The first-order valence-corrected chi connectivity index (χ1v) is 8.74. The number of nitrogens with two attached hydrogens (primary N) is 1. The summed E-state index contributed by atoms with van der Waals surface area (Å²) in [7, 11) is 0. The smallest absolute Gasteiger partial charge is 0.273 e. The fraction of sp³-hybridized carbons (Fsp3) is 0.333. The van der Waals surface area contributed by atoms with Crippen LogP contribution in [0.5, 0.6) is 0 Å². The van der Waals surface area contributed by atoms with Gasteiger partial charge in [-0.05, 0) is 18.2 Å². The molecule has 1 amide bonds. The molecular weight excluding hydrogens is 357 g/mol. The lowest BCUT2D eigenvalue weighted by atomic mass is 10.2. The number of hydrogen-bond acceptors (Lipinski definition) is 5. The molecule has 2 N–H and O–H groups in total. The third kappa shape index (κ3) is 3.67. The SMILES string of the molecule is NC[C@H]1CN(C(=O)c2csc(-c3ccc(Cl)cc3Cl)n2)CCO1. The third-order valence-corrected chi connectivity index (χ3v) is 5.00. The average molecular weight is 372 g/mol. The van der Waals surface area contributed by atoms with Crippen molar-refractivity contribution in [2.24, 2.45) is 5.73 Å². The second-order valence-corrected chi connectivity index (χ2v) is 6.84. The molecule has 1 aromatic heterocycles. The van der Waals surface area contributed by atoms with Crippen molar-refractivity contribution in [2.45, 2.75) is 6.10 Å². The highest BCUT2D eigenvalue weighted by Gasteiger charge is 2.26. The van der Waals surface area contributed by atoms with Gasteiger partial charge in [-0.1, -0.05) is 23.2 Å². The van der Waals surface area contributed by atoms with E-state index >= 15 is 0 Å². The first kappa shape index (κ1) is 16.7. The van der Waals surface area contributed by atoms with Gasteiger partial charge in [-0.3, -0.25) is 4.79 Å². The number of thiazole rings is 1. The Balaban J connectivity index is 1.80. The predicted octanol–water partition coefficient (Wildman–Crippen LogP) is 2.92. The quantitative estimate of drug-likeness (QED) is 0.900. The summed E-state index contributed by atoms with van der Waals surface area (Å²) in [6.07, 6.45) is -0.114. The van der Waals surface area contributed by atoms with E-state index in [0.717, 1.165) is 5.56 Å². The van der Waals surface area contributed by atoms with Crippen LogP contribution in [0.15, 0.2) is 23.6 Å². The summed E-state index contributed by atoms with van der Waals surface area (Å²) in [6.45, 7) is 1.92. The lowest BCUT2D eigenvalue weighted by Crippen LogP contribution is -2.48. The van der Waals surface area contributed by atoms with Gasteiger partial charge < -0.3 is 15.4 Å². The zero-order valence-corrected chi connectivity index (χ0v) is 14.5. The van der Waals surface area contributed by atoms with E-state index in [0.29, 0.717) is 47.0 Å². The Labute approximate surface area is 148 Å². The molecule has 2 aromatic rings. The van der Waals surface area contributed by atoms with Gasteiger partial charge in [0.25, 0.3) is 5.91 Å². The highest BCUT2D eigenvalue weighted by Crippen LogP contribution is 2.32. The Hall–Kier alpha value is -1.18. The van der Waals surface area contributed by atoms with Crippen LogP contribution in [0.1, 0.15) is 10.5 Å².